The number of benzene rings is 1. The molecule has 2 amide bonds. The van der Waals surface area contributed by atoms with Crippen molar-refractivity contribution in [1.29, 1.82) is 0 Å². The van der Waals surface area contributed by atoms with Gasteiger partial charge >= 0.3 is 0 Å². The highest BCUT2D eigenvalue weighted by atomic mass is 35.5. The molecule has 0 bridgehead atoms. The summed E-state index contributed by atoms with van der Waals surface area (Å²) in [6.07, 6.45) is 6.01. The second-order valence-corrected chi connectivity index (χ2v) is 8.80. The van der Waals surface area contributed by atoms with Crippen LogP contribution in [0.25, 0.3) is 0 Å². The van der Waals surface area contributed by atoms with Crippen LogP contribution in [0.15, 0.2) is 42.6 Å². The van der Waals surface area contributed by atoms with Crippen molar-refractivity contribution >= 4 is 23.4 Å². The van der Waals surface area contributed by atoms with E-state index in [1.165, 1.54) is 5.56 Å². The summed E-state index contributed by atoms with van der Waals surface area (Å²) in [5, 5.41) is 0.752. The first-order valence-corrected chi connectivity index (χ1v) is 11.2. The van der Waals surface area contributed by atoms with Gasteiger partial charge in [0.15, 0.2) is 0 Å². The van der Waals surface area contributed by atoms with Gasteiger partial charge in [-0.05, 0) is 61.9 Å². The molecule has 1 aromatic heterocycles. The van der Waals surface area contributed by atoms with Crippen LogP contribution < -0.4 is 0 Å². The Labute approximate surface area is 183 Å². The van der Waals surface area contributed by atoms with E-state index in [9.17, 15) is 9.59 Å². The topological polar surface area (TPSA) is 53.5 Å². The summed E-state index contributed by atoms with van der Waals surface area (Å²) < 4.78 is 0. The number of amides is 2. The summed E-state index contributed by atoms with van der Waals surface area (Å²) in [5.74, 6) is 0.555. The van der Waals surface area contributed by atoms with Crippen molar-refractivity contribution in [1.82, 2.24) is 14.8 Å². The van der Waals surface area contributed by atoms with Crippen molar-refractivity contribution in [2.24, 2.45) is 0 Å². The maximum absolute atomic E-state index is 12.8. The molecule has 2 aliphatic rings. The fourth-order valence-electron chi connectivity index (χ4n) is 4.54. The van der Waals surface area contributed by atoms with Crippen LogP contribution in [-0.4, -0.2) is 52.3 Å². The molecule has 30 heavy (non-hydrogen) atoms. The summed E-state index contributed by atoms with van der Waals surface area (Å²) in [5.41, 5.74) is 3.44. The highest BCUT2D eigenvalue weighted by Gasteiger charge is 2.33. The summed E-state index contributed by atoms with van der Waals surface area (Å²) in [7, 11) is 0. The highest BCUT2D eigenvalue weighted by molar-refractivity contribution is 6.30. The summed E-state index contributed by atoms with van der Waals surface area (Å²) in [6.45, 7) is 4.01. The molecule has 0 aliphatic carbocycles. The van der Waals surface area contributed by atoms with Gasteiger partial charge in [0.05, 0.1) is 0 Å². The molecule has 0 unspecified atom stereocenters. The van der Waals surface area contributed by atoms with Gasteiger partial charge in [-0.2, -0.15) is 0 Å². The monoisotopic (exact) mass is 425 g/mol. The Hall–Kier alpha value is -2.40. The number of rotatable bonds is 5. The largest absolute Gasteiger partial charge is 0.341 e. The van der Waals surface area contributed by atoms with E-state index in [1.807, 2.05) is 36.2 Å². The Morgan fingerprint density at radius 3 is 2.60 bits per heavy atom. The molecule has 158 valence electrons. The number of halogens is 1. The Kier molecular flexibility index (Phi) is 6.38. The van der Waals surface area contributed by atoms with Crippen LogP contribution >= 0.6 is 11.6 Å². The van der Waals surface area contributed by atoms with Crippen LogP contribution in [0.4, 0.5) is 0 Å². The number of likely N-dealkylation sites (tertiary alicyclic amines) is 2. The van der Waals surface area contributed by atoms with Crippen molar-refractivity contribution in [2.45, 2.75) is 51.0 Å². The van der Waals surface area contributed by atoms with E-state index < -0.39 is 0 Å². The normalized spacial score (nSPS) is 18.7. The van der Waals surface area contributed by atoms with E-state index in [0.717, 1.165) is 55.1 Å². The highest BCUT2D eigenvalue weighted by Crippen LogP contribution is 2.28. The van der Waals surface area contributed by atoms with Crippen molar-refractivity contribution in [3.63, 3.8) is 0 Å². The number of hydrogen-bond acceptors (Lipinski definition) is 3. The predicted molar refractivity (Wildman–Crippen MR) is 117 cm³/mol. The van der Waals surface area contributed by atoms with Gasteiger partial charge in [0.1, 0.15) is 6.04 Å². The zero-order valence-electron chi connectivity index (χ0n) is 17.4. The molecule has 2 saturated heterocycles. The Morgan fingerprint density at radius 1 is 1.17 bits per heavy atom. The third kappa shape index (κ3) is 4.67. The lowest BCUT2D eigenvalue weighted by Crippen LogP contribution is -2.49. The number of carbonyl (C=O) groups excluding carboxylic acids is 2. The fourth-order valence-corrected chi connectivity index (χ4v) is 4.75. The maximum Gasteiger partial charge on any atom is 0.245 e. The minimum Gasteiger partial charge on any atom is -0.341 e. The molecule has 0 radical (unpaired) electrons. The minimum atomic E-state index is -0.347. The Morgan fingerprint density at radius 2 is 1.97 bits per heavy atom. The molecule has 0 saturated carbocycles. The van der Waals surface area contributed by atoms with Gasteiger partial charge in [0, 0.05) is 48.9 Å². The van der Waals surface area contributed by atoms with Crippen LogP contribution in [0.2, 0.25) is 5.02 Å². The predicted octanol–water partition coefficient (Wildman–Crippen LogP) is 4.04. The number of hydrogen-bond donors (Lipinski definition) is 0. The van der Waals surface area contributed by atoms with E-state index in [1.54, 1.807) is 4.90 Å². The first-order chi connectivity index (χ1) is 14.5. The summed E-state index contributed by atoms with van der Waals surface area (Å²) in [4.78, 5) is 33.1. The third-order valence-electron chi connectivity index (χ3n) is 6.30. The molecule has 4 rings (SSSR count). The molecule has 2 fully saturated rings. The lowest BCUT2D eigenvalue weighted by atomic mass is 9.92. The lowest BCUT2D eigenvalue weighted by Gasteiger charge is -2.35. The maximum atomic E-state index is 12.8. The average molecular weight is 426 g/mol. The molecular weight excluding hydrogens is 398 g/mol. The van der Waals surface area contributed by atoms with Gasteiger partial charge in [-0.1, -0.05) is 29.8 Å². The average Bonchev–Trinajstić information content (AvgIpc) is 3.19. The smallest absolute Gasteiger partial charge is 0.245 e. The van der Waals surface area contributed by atoms with Crippen molar-refractivity contribution < 1.29 is 9.59 Å². The van der Waals surface area contributed by atoms with Crippen molar-refractivity contribution in [3.8, 4) is 0 Å². The molecule has 6 heteroatoms. The third-order valence-corrected chi connectivity index (χ3v) is 6.54. The van der Waals surface area contributed by atoms with E-state index >= 15 is 0 Å². The number of nitrogens with zero attached hydrogens (tertiary/aromatic N) is 3. The minimum absolute atomic E-state index is 0.0773. The van der Waals surface area contributed by atoms with Gasteiger partial charge in [-0.15, -0.1) is 0 Å². The standard InChI is InChI=1S/C24H28ClN3O2/c1-17(28-11-3-6-23(28)29)24(30)27-12-9-20(10-13-27)22-8-7-19(16-26-22)14-18-4-2-5-21(25)15-18/h2,4-5,7-8,15-17,20H,3,6,9-14H2,1H3/t17-/m1/s1. The van der Waals surface area contributed by atoms with Crippen molar-refractivity contribution in [2.75, 3.05) is 19.6 Å². The molecule has 1 atom stereocenters. The first kappa shape index (κ1) is 20.9. The molecule has 2 aliphatic heterocycles. The van der Waals surface area contributed by atoms with E-state index in [0.29, 0.717) is 18.9 Å². The number of carbonyl (C=O) groups is 2. The van der Waals surface area contributed by atoms with Crippen molar-refractivity contribution in [3.05, 3.63) is 64.4 Å². The van der Waals surface area contributed by atoms with E-state index in [-0.39, 0.29) is 17.9 Å². The molecule has 2 aromatic rings. The van der Waals surface area contributed by atoms with Crippen LogP contribution in [0.5, 0.6) is 0 Å². The quantitative estimate of drug-likeness (QED) is 0.726. The number of pyridine rings is 1. The molecular formula is C24H28ClN3O2. The van der Waals surface area contributed by atoms with Gasteiger partial charge < -0.3 is 9.80 Å². The Bertz CT molecular complexity index is 907. The summed E-state index contributed by atoms with van der Waals surface area (Å²) >= 11 is 6.07. The molecule has 0 N–H and O–H groups in total. The van der Waals surface area contributed by atoms with Crippen LogP contribution in [0, 0.1) is 0 Å². The van der Waals surface area contributed by atoms with Gasteiger partial charge in [0.2, 0.25) is 11.8 Å². The van der Waals surface area contributed by atoms with Crippen LogP contribution in [0.3, 0.4) is 0 Å². The number of aromatic nitrogens is 1. The SMILES string of the molecule is C[C@H](C(=O)N1CCC(c2ccc(Cc3cccc(Cl)c3)cn2)CC1)N1CCCC1=O. The number of piperidine rings is 1. The van der Waals surface area contributed by atoms with Crippen LogP contribution in [-0.2, 0) is 16.0 Å². The fraction of sp³-hybridized carbons (Fsp3) is 0.458. The van der Waals surface area contributed by atoms with Crippen LogP contribution in [0.1, 0.15) is 55.3 Å². The molecule has 1 aromatic carbocycles. The van der Waals surface area contributed by atoms with E-state index in [4.69, 9.17) is 16.6 Å². The molecule has 5 nitrogen and oxygen atoms in total. The van der Waals surface area contributed by atoms with Gasteiger partial charge in [0.25, 0.3) is 0 Å². The van der Waals surface area contributed by atoms with Gasteiger partial charge in [-0.3, -0.25) is 14.6 Å². The van der Waals surface area contributed by atoms with E-state index in [2.05, 4.69) is 18.2 Å². The Balaban J connectivity index is 1.31. The summed E-state index contributed by atoms with van der Waals surface area (Å²) in [6, 6.07) is 11.8. The second kappa shape index (κ2) is 9.17. The zero-order chi connectivity index (χ0) is 21.1. The molecule has 3 heterocycles. The first-order valence-electron chi connectivity index (χ1n) is 10.8. The zero-order valence-corrected chi connectivity index (χ0v) is 18.1. The molecule has 0 spiro atoms. The second-order valence-electron chi connectivity index (χ2n) is 8.36. The van der Waals surface area contributed by atoms with Gasteiger partial charge in [-0.25, -0.2) is 0 Å². The lowest BCUT2D eigenvalue weighted by molar-refractivity contribution is -0.143.